The number of aromatic hydroxyl groups is 1. The van der Waals surface area contributed by atoms with Crippen molar-refractivity contribution < 1.29 is 19.0 Å². The standard InChI is InChI=1S/C15H14FNO3/c16-13-3-1-2-4-14(13)20-10-9-17-15(19)11-5-7-12(18)8-6-11/h1-8,18H,9-10H2,(H,17,19). The average molecular weight is 275 g/mol. The van der Waals surface area contributed by atoms with Crippen LogP contribution in [-0.4, -0.2) is 24.2 Å². The van der Waals surface area contributed by atoms with Gasteiger partial charge < -0.3 is 15.2 Å². The molecule has 0 atom stereocenters. The molecule has 0 aliphatic carbocycles. The lowest BCUT2D eigenvalue weighted by Crippen LogP contribution is -2.28. The topological polar surface area (TPSA) is 58.6 Å². The molecule has 0 aliphatic heterocycles. The van der Waals surface area contributed by atoms with E-state index in [9.17, 15) is 9.18 Å². The molecule has 0 unspecified atom stereocenters. The number of carbonyl (C=O) groups is 1. The van der Waals surface area contributed by atoms with Crippen LogP contribution in [0.5, 0.6) is 11.5 Å². The van der Waals surface area contributed by atoms with Crippen molar-refractivity contribution in [1.82, 2.24) is 5.32 Å². The number of hydrogen-bond donors (Lipinski definition) is 2. The summed E-state index contributed by atoms with van der Waals surface area (Å²) >= 11 is 0. The monoisotopic (exact) mass is 275 g/mol. The van der Waals surface area contributed by atoms with Crippen LogP contribution in [0.3, 0.4) is 0 Å². The van der Waals surface area contributed by atoms with Crippen LogP contribution in [0.15, 0.2) is 48.5 Å². The first-order chi connectivity index (χ1) is 9.66. The number of ether oxygens (including phenoxy) is 1. The zero-order valence-corrected chi connectivity index (χ0v) is 10.7. The lowest BCUT2D eigenvalue weighted by Gasteiger charge is -2.08. The fourth-order valence-corrected chi connectivity index (χ4v) is 1.60. The van der Waals surface area contributed by atoms with E-state index in [1.807, 2.05) is 0 Å². The Morgan fingerprint density at radius 1 is 1.15 bits per heavy atom. The summed E-state index contributed by atoms with van der Waals surface area (Å²) in [6.45, 7) is 0.429. The Hall–Kier alpha value is -2.56. The fourth-order valence-electron chi connectivity index (χ4n) is 1.60. The molecule has 2 N–H and O–H groups in total. The van der Waals surface area contributed by atoms with E-state index < -0.39 is 5.82 Å². The molecule has 0 aliphatic rings. The van der Waals surface area contributed by atoms with E-state index in [0.717, 1.165) is 0 Å². The largest absolute Gasteiger partial charge is 0.508 e. The molecule has 104 valence electrons. The second-order valence-corrected chi connectivity index (χ2v) is 4.08. The molecule has 0 saturated heterocycles. The molecule has 2 rings (SSSR count). The van der Waals surface area contributed by atoms with Crippen LogP contribution in [0, 0.1) is 5.82 Å². The molecule has 0 bridgehead atoms. The third-order valence-electron chi connectivity index (χ3n) is 2.61. The summed E-state index contributed by atoms with van der Waals surface area (Å²) in [5.41, 5.74) is 0.439. The predicted molar refractivity (Wildman–Crippen MR) is 72.3 cm³/mol. The third kappa shape index (κ3) is 3.71. The van der Waals surface area contributed by atoms with Gasteiger partial charge in [-0.05, 0) is 36.4 Å². The fraction of sp³-hybridized carbons (Fsp3) is 0.133. The SMILES string of the molecule is O=C(NCCOc1ccccc1F)c1ccc(O)cc1. The van der Waals surface area contributed by atoms with Crippen LogP contribution < -0.4 is 10.1 Å². The highest BCUT2D eigenvalue weighted by Crippen LogP contribution is 2.14. The molecule has 0 saturated carbocycles. The van der Waals surface area contributed by atoms with Crippen LogP contribution in [0.4, 0.5) is 4.39 Å². The number of hydrogen-bond acceptors (Lipinski definition) is 3. The number of carbonyl (C=O) groups excluding carboxylic acids is 1. The van der Waals surface area contributed by atoms with Gasteiger partial charge in [0.2, 0.25) is 0 Å². The summed E-state index contributed by atoms with van der Waals surface area (Å²) in [5, 5.41) is 11.8. The summed E-state index contributed by atoms with van der Waals surface area (Å²) < 4.78 is 18.5. The molecule has 1 amide bonds. The normalized spacial score (nSPS) is 10.1. The van der Waals surface area contributed by atoms with Crippen molar-refractivity contribution in [1.29, 1.82) is 0 Å². The molecule has 2 aromatic carbocycles. The van der Waals surface area contributed by atoms with Gasteiger partial charge in [-0.15, -0.1) is 0 Å². The van der Waals surface area contributed by atoms with Gasteiger partial charge in [-0.25, -0.2) is 4.39 Å². The first kappa shape index (κ1) is 13.9. The van der Waals surface area contributed by atoms with Crippen molar-refractivity contribution in [2.45, 2.75) is 0 Å². The Balaban J connectivity index is 1.77. The van der Waals surface area contributed by atoms with Gasteiger partial charge in [0.15, 0.2) is 11.6 Å². The summed E-state index contributed by atoms with van der Waals surface area (Å²) in [4.78, 5) is 11.7. The number of phenolic OH excluding ortho intramolecular Hbond substituents is 1. The second-order valence-electron chi connectivity index (χ2n) is 4.08. The molecule has 5 heteroatoms. The van der Waals surface area contributed by atoms with E-state index in [4.69, 9.17) is 9.84 Å². The third-order valence-corrected chi connectivity index (χ3v) is 2.61. The molecule has 20 heavy (non-hydrogen) atoms. The summed E-state index contributed by atoms with van der Waals surface area (Å²) in [6.07, 6.45) is 0. The maximum absolute atomic E-state index is 13.2. The van der Waals surface area contributed by atoms with Crippen molar-refractivity contribution in [3.8, 4) is 11.5 Å². The average Bonchev–Trinajstić information content (AvgIpc) is 2.46. The minimum Gasteiger partial charge on any atom is -0.508 e. The minimum atomic E-state index is -0.433. The Morgan fingerprint density at radius 3 is 2.55 bits per heavy atom. The van der Waals surface area contributed by atoms with Crippen LogP contribution in [0.1, 0.15) is 10.4 Å². The highest BCUT2D eigenvalue weighted by Gasteiger charge is 2.05. The van der Waals surface area contributed by atoms with E-state index in [1.54, 1.807) is 12.1 Å². The number of phenols is 1. The number of nitrogens with one attached hydrogen (secondary N) is 1. The highest BCUT2D eigenvalue weighted by atomic mass is 19.1. The Morgan fingerprint density at radius 2 is 1.85 bits per heavy atom. The van der Waals surface area contributed by atoms with E-state index >= 15 is 0 Å². The smallest absolute Gasteiger partial charge is 0.251 e. The molecule has 0 fully saturated rings. The lowest BCUT2D eigenvalue weighted by molar-refractivity contribution is 0.0946. The Labute approximate surface area is 115 Å². The van der Waals surface area contributed by atoms with Gasteiger partial charge in [0, 0.05) is 5.56 Å². The Bertz CT molecular complexity index is 584. The highest BCUT2D eigenvalue weighted by molar-refractivity contribution is 5.94. The van der Waals surface area contributed by atoms with E-state index in [2.05, 4.69) is 5.32 Å². The first-order valence-electron chi connectivity index (χ1n) is 6.11. The van der Waals surface area contributed by atoms with Gasteiger partial charge in [-0.3, -0.25) is 4.79 Å². The van der Waals surface area contributed by atoms with Crippen molar-refractivity contribution in [3.05, 3.63) is 59.9 Å². The van der Waals surface area contributed by atoms with Crippen LogP contribution in [-0.2, 0) is 0 Å². The molecule has 0 radical (unpaired) electrons. The van der Waals surface area contributed by atoms with Gasteiger partial charge in [0.25, 0.3) is 5.91 Å². The quantitative estimate of drug-likeness (QED) is 0.823. The molecule has 4 nitrogen and oxygen atoms in total. The van der Waals surface area contributed by atoms with Gasteiger partial charge in [0.05, 0.1) is 6.54 Å². The number of amides is 1. The predicted octanol–water partition coefficient (Wildman–Crippen LogP) is 2.34. The Kier molecular flexibility index (Phi) is 4.55. The maximum atomic E-state index is 13.2. The molecular weight excluding hydrogens is 261 g/mol. The summed E-state index contributed by atoms with van der Waals surface area (Å²) in [6, 6.07) is 12.0. The van der Waals surface area contributed by atoms with E-state index in [0.29, 0.717) is 5.56 Å². The van der Waals surface area contributed by atoms with E-state index in [-0.39, 0.29) is 30.6 Å². The van der Waals surface area contributed by atoms with Gasteiger partial charge in [-0.1, -0.05) is 12.1 Å². The molecule has 0 heterocycles. The molecule has 2 aromatic rings. The molecule has 0 aromatic heterocycles. The van der Waals surface area contributed by atoms with E-state index in [1.165, 1.54) is 36.4 Å². The second kappa shape index (κ2) is 6.56. The van der Waals surface area contributed by atoms with Crippen molar-refractivity contribution in [3.63, 3.8) is 0 Å². The minimum absolute atomic E-state index is 0.101. The van der Waals surface area contributed by atoms with Crippen LogP contribution in [0.25, 0.3) is 0 Å². The summed E-state index contributed by atoms with van der Waals surface area (Å²) in [7, 11) is 0. The van der Waals surface area contributed by atoms with Crippen molar-refractivity contribution >= 4 is 5.91 Å². The van der Waals surface area contributed by atoms with Gasteiger partial charge >= 0.3 is 0 Å². The van der Waals surface area contributed by atoms with Crippen LogP contribution in [0.2, 0.25) is 0 Å². The van der Waals surface area contributed by atoms with Gasteiger partial charge in [0.1, 0.15) is 12.4 Å². The van der Waals surface area contributed by atoms with Crippen molar-refractivity contribution in [2.75, 3.05) is 13.2 Å². The number of para-hydroxylation sites is 1. The number of halogens is 1. The maximum Gasteiger partial charge on any atom is 0.251 e. The number of benzene rings is 2. The summed E-state index contributed by atoms with van der Waals surface area (Å²) in [5.74, 6) is -0.449. The number of rotatable bonds is 5. The zero-order valence-electron chi connectivity index (χ0n) is 10.7. The van der Waals surface area contributed by atoms with Crippen molar-refractivity contribution in [2.24, 2.45) is 0 Å². The van der Waals surface area contributed by atoms with Crippen LogP contribution >= 0.6 is 0 Å². The first-order valence-corrected chi connectivity index (χ1v) is 6.11. The zero-order chi connectivity index (χ0) is 14.4. The molecular formula is C15H14FNO3. The molecule has 0 spiro atoms. The van der Waals surface area contributed by atoms with Gasteiger partial charge in [-0.2, -0.15) is 0 Å². The lowest BCUT2D eigenvalue weighted by atomic mass is 10.2.